The number of methoxy groups -OCH3 is 1. The lowest BCUT2D eigenvalue weighted by Crippen LogP contribution is -2.48. The van der Waals surface area contributed by atoms with Crippen molar-refractivity contribution in [2.45, 2.75) is 24.2 Å². The molecule has 1 aromatic heterocycles. The van der Waals surface area contributed by atoms with Crippen LogP contribution in [-0.4, -0.2) is 43.0 Å². The first-order valence-corrected chi connectivity index (χ1v) is 8.73. The molecule has 0 spiro atoms. The number of carbonyl (C=O) groups excluding carboxylic acids is 1. The summed E-state index contributed by atoms with van der Waals surface area (Å²) in [5, 5.41) is 2.57. The van der Waals surface area contributed by atoms with Gasteiger partial charge in [0.25, 0.3) is 11.9 Å². The molecule has 3 rings (SSSR count). The van der Waals surface area contributed by atoms with Gasteiger partial charge in [0.2, 0.25) is 0 Å². The number of hydrogen-bond donors (Lipinski definition) is 2. The number of amidine groups is 1. The highest BCUT2D eigenvalue weighted by atomic mass is 19.4. The van der Waals surface area contributed by atoms with Gasteiger partial charge >= 0.3 is 6.18 Å². The number of nitrogens with two attached hydrogens (primary N) is 1. The Hall–Kier alpha value is -3.37. The number of rotatable bonds is 5. The fourth-order valence-corrected chi connectivity index (χ4v) is 3.02. The lowest BCUT2D eigenvalue weighted by Gasteiger charge is -2.36. The first kappa shape index (κ1) is 21.3. The van der Waals surface area contributed by atoms with Gasteiger partial charge in [-0.3, -0.25) is 4.79 Å². The van der Waals surface area contributed by atoms with E-state index in [1.54, 1.807) is 6.07 Å². The highest BCUT2D eigenvalue weighted by molar-refractivity contribution is 6.02. The molecule has 0 radical (unpaired) electrons. The van der Waals surface area contributed by atoms with Crippen LogP contribution in [0.4, 0.5) is 23.2 Å². The van der Waals surface area contributed by atoms with Gasteiger partial charge in [0, 0.05) is 12.1 Å². The Morgan fingerprint density at radius 3 is 2.73 bits per heavy atom. The van der Waals surface area contributed by atoms with E-state index >= 15 is 0 Å². The minimum absolute atomic E-state index is 0.0897. The highest BCUT2D eigenvalue weighted by Crippen LogP contribution is 2.41. The molecule has 11 heteroatoms. The average Bonchev–Trinajstić information content (AvgIpc) is 2.72. The van der Waals surface area contributed by atoms with E-state index in [0.29, 0.717) is 5.75 Å². The first-order valence-electron chi connectivity index (χ1n) is 8.73. The van der Waals surface area contributed by atoms with Gasteiger partial charge in [-0.15, -0.1) is 0 Å². The number of alkyl halides is 4. The van der Waals surface area contributed by atoms with E-state index in [9.17, 15) is 22.4 Å². The van der Waals surface area contributed by atoms with E-state index in [0.717, 1.165) is 0 Å². The summed E-state index contributed by atoms with van der Waals surface area (Å²) in [4.78, 5) is 20.2. The summed E-state index contributed by atoms with van der Waals surface area (Å²) < 4.78 is 63.0. The molecule has 2 unspecified atom stereocenters. The van der Waals surface area contributed by atoms with Crippen molar-refractivity contribution >= 4 is 17.6 Å². The molecule has 2 atom stereocenters. The Morgan fingerprint density at radius 2 is 2.13 bits per heavy atom. The van der Waals surface area contributed by atoms with Crippen molar-refractivity contribution in [3.8, 4) is 5.75 Å². The Labute approximate surface area is 168 Å². The van der Waals surface area contributed by atoms with Crippen molar-refractivity contribution in [2.75, 3.05) is 19.1 Å². The monoisotopic (exact) mass is 426 g/mol. The minimum atomic E-state index is -4.74. The van der Waals surface area contributed by atoms with Gasteiger partial charge in [0.05, 0.1) is 13.3 Å². The number of hydrogen-bond acceptors (Lipinski definition) is 6. The summed E-state index contributed by atoms with van der Waals surface area (Å²) in [7, 11) is 1.46. The van der Waals surface area contributed by atoms with Gasteiger partial charge in [0.15, 0.2) is 6.10 Å². The second-order valence-corrected chi connectivity index (χ2v) is 6.59. The number of amides is 1. The van der Waals surface area contributed by atoms with E-state index in [1.165, 1.54) is 43.6 Å². The lowest BCUT2D eigenvalue weighted by atomic mass is 9.85. The van der Waals surface area contributed by atoms with Crippen LogP contribution in [0.25, 0.3) is 0 Å². The molecule has 0 saturated carbocycles. The maximum atomic E-state index is 14.0. The molecular formula is C19H18F4N4O3. The van der Waals surface area contributed by atoms with E-state index in [4.69, 9.17) is 10.5 Å². The molecule has 1 amide bonds. The van der Waals surface area contributed by atoms with Crippen LogP contribution < -0.4 is 15.8 Å². The van der Waals surface area contributed by atoms with Gasteiger partial charge in [-0.05, 0) is 29.8 Å². The summed E-state index contributed by atoms with van der Waals surface area (Å²) in [5.41, 5.74) is 3.95. The molecule has 2 heterocycles. The number of nitrogens with one attached hydrogen (secondary N) is 1. The van der Waals surface area contributed by atoms with Crippen LogP contribution in [0.5, 0.6) is 5.75 Å². The number of benzene rings is 1. The normalized spacial score (nSPS) is 21.4. The van der Waals surface area contributed by atoms with Crippen LogP contribution in [0.15, 0.2) is 47.6 Å². The number of nitrogens with zero attached hydrogens (tertiary/aromatic N) is 2. The number of halogens is 4. The van der Waals surface area contributed by atoms with Crippen LogP contribution in [0.1, 0.15) is 22.5 Å². The van der Waals surface area contributed by atoms with Gasteiger partial charge in [-0.1, -0.05) is 12.1 Å². The third-order valence-corrected chi connectivity index (χ3v) is 4.56. The fraction of sp³-hybridized carbons (Fsp3) is 0.316. The maximum Gasteiger partial charge on any atom is 0.425 e. The molecule has 0 aliphatic carbocycles. The van der Waals surface area contributed by atoms with E-state index in [1.807, 2.05) is 0 Å². The Balaban J connectivity index is 1.87. The predicted octanol–water partition coefficient (Wildman–Crippen LogP) is 3.17. The highest BCUT2D eigenvalue weighted by Gasteiger charge is 2.51. The van der Waals surface area contributed by atoms with Gasteiger partial charge in [0.1, 0.15) is 23.7 Å². The number of pyridine rings is 1. The third kappa shape index (κ3) is 4.44. The predicted molar refractivity (Wildman–Crippen MR) is 100 cm³/mol. The quantitative estimate of drug-likeness (QED) is 0.716. The van der Waals surface area contributed by atoms with Crippen molar-refractivity contribution in [3.05, 3.63) is 53.9 Å². The van der Waals surface area contributed by atoms with E-state index in [2.05, 4.69) is 20.0 Å². The minimum Gasteiger partial charge on any atom is -0.495 e. The second kappa shape index (κ2) is 8.17. The second-order valence-electron chi connectivity index (χ2n) is 6.59. The number of anilines is 1. The summed E-state index contributed by atoms with van der Waals surface area (Å²) in [6.45, 7) is -1.24. The van der Waals surface area contributed by atoms with Crippen molar-refractivity contribution in [1.29, 1.82) is 0 Å². The lowest BCUT2D eigenvalue weighted by molar-refractivity contribution is -0.209. The van der Waals surface area contributed by atoms with Crippen LogP contribution in [0.2, 0.25) is 0 Å². The topological polar surface area (TPSA) is 98.8 Å². The summed E-state index contributed by atoms with van der Waals surface area (Å²) >= 11 is 0. The zero-order valence-electron chi connectivity index (χ0n) is 15.7. The third-order valence-electron chi connectivity index (χ3n) is 4.56. The van der Waals surface area contributed by atoms with Gasteiger partial charge in [-0.25, -0.2) is 14.4 Å². The molecule has 0 saturated heterocycles. The number of carbonyl (C=O) groups is 1. The molecule has 7 nitrogen and oxygen atoms in total. The number of aliphatic imine (C=N–C) groups is 1. The average molecular weight is 426 g/mol. The Morgan fingerprint density at radius 1 is 1.37 bits per heavy atom. The number of aromatic nitrogens is 1. The fourth-order valence-electron chi connectivity index (χ4n) is 3.02. The molecule has 3 N–H and O–H groups in total. The summed E-state index contributed by atoms with van der Waals surface area (Å²) in [6, 6.07) is 7.97. The van der Waals surface area contributed by atoms with Crippen LogP contribution in [0, 0.1) is 0 Å². The van der Waals surface area contributed by atoms with Crippen LogP contribution in [0.3, 0.4) is 0 Å². The Bertz CT molecular complexity index is 950. The van der Waals surface area contributed by atoms with Crippen molar-refractivity contribution in [3.63, 3.8) is 0 Å². The maximum absolute atomic E-state index is 14.0. The molecule has 30 heavy (non-hydrogen) atoms. The molecule has 1 aliphatic heterocycles. The smallest absolute Gasteiger partial charge is 0.425 e. The molecule has 160 valence electrons. The standard InChI is InChI=1S/C19H18F4N4O3/c1-29-13-5-6-14(25-9-13)16(28)26-12-4-2-3-11(7-12)18(10-20)8-15(19(21,22)23)30-17(24)27-18/h2-7,9,15H,8,10H2,1H3,(H2,24,27)(H,26,28). The first-order chi connectivity index (χ1) is 14.2. The zero-order chi connectivity index (χ0) is 21.9. The Kier molecular flexibility index (Phi) is 5.81. The van der Waals surface area contributed by atoms with Crippen molar-refractivity contribution < 1.29 is 31.8 Å². The zero-order valence-corrected chi connectivity index (χ0v) is 15.7. The van der Waals surface area contributed by atoms with Crippen LogP contribution in [-0.2, 0) is 10.3 Å². The van der Waals surface area contributed by atoms with E-state index in [-0.39, 0.29) is 16.9 Å². The van der Waals surface area contributed by atoms with E-state index < -0.39 is 42.8 Å². The summed E-state index contributed by atoms with van der Waals surface area (Å²) in [5.74, 6) is -0.0973. The largest absolute Gasteiger partial charge is 0.495 e. The van der Waals surface area contributed by atoms with Crippen molar-refractivity contribution in [1.82, 2.24) is 4.98 Å². The molecular weight excluding hydrogens is 408 g/mol. The van der Waals surface area contributed by atoms with Crippen LogP contribution >= 0.6 is 0 Å². The number of ether oxygens (including phenoxy) is 2. The molecule has 2 aromatic rings. The summed E-state index contributed by atoms with van der Waals surface area (Å²) in [6.07, 6.45) is -6.47. The molecule has 1 aromatic carbocycles. The van der Waals surface area contributed by atoms with Gasteiger partial charge < -0.3 is 20.5 Å². The SMILES string of the molecule is COc1ccc(C(=O)Nc2cccc(C3(CF)CC(C(F)(F)F)OC(N)=N3)c2)nc1. The van der Waals surface area contributed by atoms with Gasteiger partial charge in [-0.2, -0.15) is 13.2 Å². The molecule has 0 bridgehead atoms. The molecule has 0 fully saturated rings. The van der Waals surface area contributed by atoms with Crippen molar-refractivity contribution in [2.24, 2.45) is 10.7 Å². The molecule has 1 aliphatic rings.